The van der Waals surface area contributed by atoms with Crippen LogP contribution in [-0.2, 0) is 9.59 Å². The molecule has 2 amide bonds. The van der Waals surface area contributed by atoms with Crippen LogP contribution in [0.25, 0.3) is 0 Å². The minimum atomic E-state index is -0.0103. The second-order valence-electron chi connectivity index (χ2n) is 6.88. The topological polar surface area (TPSA) is 64.7 Å². The van der Waals surface area contributed by atoms with Gasteiger partial charge in [-0.2, -0.15) is 0 Å². The van der Waals surface area contributed by atoms with E-state index in [2.05, 4.69) is 15.5 Å². The molecular formula is C19H30N4O2. The highest BCUT2D eigenvalue weighted by Crippen LogP contribution is 2.19. The second-order valence-corrected chi connectivity index (χ2v) is 6.88. The lowest BCUT2D eigenvalue weighted by Gasteiger charge is -2.35. The van der Waals surface area contributed by atoms with E-state index in [0.717, 1.165) is 29.9 Å². The average Bonchev–Trinajstić information content (AvgIpc) is 2.58. The molecule has 138 valence electrons. The van der Waals surface area contributed by atoms with Gasteiger partial charge in [-0.1, -0.05) is 25.1 Å². The number of hydrogen-bond donors (Lipinski definition) is 2. The van der Waals surface area contributed by atoms with Crippen molar-refractivity contribution in [1.82, 2.24) is 15.1 Å². The smallest absolute Gasteiger partial charge is 0.238 e. The van der Waals surface area contributed by atoms with Gasteiger partial charge in [0, 0.05) is 44.3 Å². The van der Waals surface area contributed by atoms with Crippen molar-refractivity contribution in [1.29, 1.82) is 0 Å². The molecule has 1 aliphatic heterocycles. The van der Waals surface area contributed by atoms with E-state index in [4.69, 9.17) is 0 Å². The molecule has 0 aromatic heterocycles. The molecule has 0 spiro atoms. The van der Waals surface area contributed by atoms with Crippen molar-refractivity contribution in [2.24, 2.45) is 5.92 Å². The van der Waals surface area contributed by atoms with E-state index in [9.17, 15) is 9.59 Å². The Kier molecular flexibility index (Phi) is 6.96. The molecule has 1 fully saturated rings. The third-order valence-electron chi connectivity index (χ3n) is 4.73. The van der Waals surface area contributed by atoms with Crippen molar-refractivity contribution in [3.05, 3.63) is 29.3 Å². The molecule has 0 saturated carbocycles. The van der Waals surface area contributed by atoms with Crippen LogP contribution in [0.1, 0.15) is 18.1 Å². The number of para-hydroxylation sites is 1. The van der Waals surface area contributed by atoms with Crippen LogP contribution in [0.15, 0.2) is 18.2 Å². The summed E-state index contributed by atoms with van der Waals surface area (Å²) in [4.78, 5) is 28.7. The number of nitrogens with zero attached hydrogens (tertiary/aromatic N) is 2. The second kappa shape index (κ2) is 8.97. The minimum absolute atomic E-state index is 0.000674. The number of amides is 2. The van der Waals surface area contributed by atoms with E-state index >= 15 is 0 Å². The molecule has 0 bridgehead atoms. The lowest BCUT2D eigenvalue weighted by atomic mass is 10.1. The van der Waals surface area contributed by atoms with E-state index in [1.165, 1.54) is 0 Å². The van der Waals surface area contributed by atoms with E-state index in [-0.39, 0.29) is 17.7 Å². The standard InChI is InChI=1S/C19H30N4O2/c1-14-6-5-7-15(2)18(14)21-17(24)13-22-8-10-23(11-9-22)19(25)16(3)12-20-4/h5-7,16,20H,8-13H2,1-4H3,(H,21,24). The Labute approximate surface area is 150 Å². The summed E-state index contributed by atoms with van der Waals surface area (Å²) < 4.78 is 0. The summed E-state index contributed by atoms with van der Waals surface area (Å²) in [6, 6.07) is 5.99. The normalized spacial score (nSPS) is 16.6. The first-order valence-corrected chi connectivity index (χ1v) is 8.94. The first-order valence-electron chi connectivity index (χ1n) is 8.94. The maximum atomic E-state index is 12.4. The fourth-order valence-corrected chi connectivity index (χ4v) is 3.23. The number of piperazine rings is 1. The monoisotopic (exact) mass is 346 g/mol. The summed E-state index contributed by atoms with van der Waals surface area (Å²) in [6.07, 6.45) is 0. The minimum Gasteiger partial charge on any atom is -0.340 e. The number of nitrogens with one attached hydrogen (secondary N) is 2. The van der Waals surface area contributed by atoms with Crippen molar-refractivity contribution in [3.63, 3.8) is 0 Å². The van der Waals surface area contributed by atoms with Crippen LogP contribution in [0, 0.1) is 19.8 Å². The molecule has 25 heavy (non-hydrogen) atoms. The van der Waals surface area contributed by atoms with Gasteiger partial charge in [0.2, 0.25) is 11.8 Å². The van der Waals surface area contributed by atoms with E-state index < -0.39 is 0 Å². The highest BCUT2D eigenvalue weighted by Gasteiger charge is 2.25. The summed E-state index contributed by atoms with van der Waals surface area (Å²) in [5, 5.41) is 6.07. The van der Waals surface area contributed by atoms with Crippen molar-refractivity contribution < 1.29 is 9.59 Å². The van der Waals surface area contributed by atoms with Gasteiger partial charge in [-0.05, 0) is 32.0 Å². The summed E-state index contributed by atoms with van der Waals surface area (Å²) >= 11 is 0. The van der Waals surface area contributed by atoms with Gasteiger partial charge in [0.05, 0.1) is 6.54 Å². The van der Waals surface area contributed by atoms with Gasteiger partial charge >= 0.3 is 0 Å². The van der Waals surface area contributed by atoms with Crippen molar-refractivity contribution in [2.45, 2.75) is 20.8 Å². The van der Waals surface area contributed by atoms with Gasteiger partial charge in [0.15, 0.2) is 0 Å². The fraction of sp³-hybridized carbons (Fsp3) is 0.579. The van der Waals surface area contributed by atoms with Crippen molar-refractivity contribution >= 4 is 17.5 Å². The number of benzene rings is 1. The number of anilines is 1. The van der Waals surface area contributed by atoms with Crippen LogP contribution in [0.5, 0.6) is 0 Å². The van der Waals surface area contributed by atoms with Crippen LogP contribution < -0.4 is 10.6 Å². The summed E-state index contributed by atoms with van der Waals surface area (Å²) in [5.41, 5.74) is 3.05. The van der Waals surface area contributed by atoms with Gasteiger partial charge < -0.3 is 15.5 Å². The van der Waals surface area contributed by atoms with Crippen LogP contribution in [-0.4, -0.2) is 67.9 Å². The number of aryl methyl sites for hydroxylation is 2. The maximum absolute atomic E-state index is 12.4. The molecule has 2 N–H and O–H groups in total. The van der Waals surface area contributed by atoms with E-state index in [0.29, 0.717) is 26.2 Å². The highest BCUT2D eigenvalue weighted by molar-refractivity contribution is 5.93. The number of carbonyl (C=O) groups is 2. The molecule has 1 atom stereocenters. The maximum Gasteiger partial charge on any atom is 0.238 e. The SMILES string of the molecule is CNCC(C)C(=O)N1CCN(CC(=O)Nc2c(C)cccc2C)CC1. The molecule has 0 aliphatic carbocycles. The third-order valence-corrected chi connectivity index (χ3v) is 4.73. The van der Waals surface area contributed by atoms with Gasteiger partial charge in [0.1, 0.15) is 0 Å². The molecule has 1 aromatic carbocycles. The zero-order valence-corrected chi connectivity index (χ0v) is 15.8. The van der Waals surface area contributed by atoms with Crippen LogP contribution >= 0.6 is 0 Å². The molecule has 1 aromatic rings. The summed E-state index contributed by atoms with van der Waals surface area (Å²) in [7, 11) is 1.86. The molecule has 6 nitrogen and oxygen atoms in total. The Hall–Kier alpha value is -1.92. The zero-order valence-electron chi connectivity index (χ0n) is 15.8. The van der Waals surface area contributed by atoms with Crippen LogP contribution in [0.2, 0.25) is 0 Å². The van der Waals surface area contributed by atoms with Gasteiger partial charge in [-0.25, -0.2) is 0 Å². The molecule has 1 heterocycles. The largest absolute Gasteiger partial charge is 0.340 e. The molecule has 2 rings (SSSR count). The fourth-order valence-electron chi connectivity index (χ4n) is 3.23. The average molecular weight is 346 g/mol. The lowest BCUT2D eigenvalue weighted by molar-refractivity contribution is -0.136. The van der Waals surface area contributed by atoms with E-state index in [1.807, 2.05) is 50.9 Å². The van der Waals surface area contributed by atoms with Gasteiger partial charge in [-0.3, -0.25) is 14.5 Å². The Morgan fingerprint density at radius 1 is 1.12 bits per heavy atom. The summed E-state index contributed by atoms with van der Waals surface area (Å²) in [6.45, 7) is 9.84. The number of hydrogen-bond acceptors (Lipinski definition) is 4. The molecule has 1 aliphatic rings. The van der Waals surface area contributed by atoms with Gasteiger partial charge in [0.25, 0.3) is 0 Å². The lowest BCUT2D eigenvalue weighted by Crippen LogP contribution is -2.52. The van der Waals surface area contributed by atoms with Crippen LogP contribution in [0.3, 0.4) is 0 Å². The molecule has 0 radical (unpaired) electrons. The first-order chi connectivity index (χ1) is 11.9. The Morgan fingerprint density at radius 2 is 1.72 bits per heavy atom. The molecular weight excluding hydrogens is 316 g/mol. The molecule has 6 heteroatoms. The zero-order chi connectivity index (χ0) is 18.4. The number of rotatable bonds is 6. The summed E-state index contributed by atoms with van der Waals surface area (Å²) in [5.74, 6) is 0.179. The molecule has 1 saturated heterocycles. The predicted molar refractivity (Wildman–Crippen MR) is 101 cm³/mol. The third kappa shape index (κ3) is 5.28. The highest BCUT2D eigenvalue weighted by atomic mass is 16.2. The first kappa shape index (κ1) is 19.4. The Morgan fingerprint density at radius 3 is 2.28 bits per heavy atom. The van der Waals surface area contributed by atoms with Crippen LogP contribution in [0.4, 0.5) is 5.69 Å². The number of carbonyl (C=O) groups excluding carboxylic acids is 2. The van der Waals surface area contributed by atoms with Crippen molar-refractivity contribution in [3.8, 4) is 0 Å². The quantitative estimate of drug-likeness (QED) is 0.813. The Bertz CT molecular complexity index is 589. The van der Waals surface area contributed by atoms with Crippen molar-refractivity contribution in [2.75, 3.05) is 51.6 Å². The predicted octanol–water partition coefficient (Wildman–Crippen LogP) is 1.24. The van der Waals surface area contributed by atoms with Gasteiger partial charge in [-0.15, -0.1) is 0 Å². The van der Waals surface area contributed by atoms with E-state index in [1.54, 1.807) is 0 Å². The molecule has 1 unspecified atom stereocenters. The Balaban J connectivity index is 1.82.